The minimum atomic E-state index is 0.686. The van der Waals surface area contributed by atoms with Crippen LogP contribution in [-0.4, -0.2) is 6.61 Å². The molecule has 18 heavy (non-hydrogen) atoms. The second kappa shape index (κ2) is 5.45. The van der Waals surface area contributed by atoms with E-state index in [1.807, 2.05) is 37.3 Å². The zero-order chi connectivity index (χ0) is 13.1. The van der Waals surface area contributed by atoms with Crippen LogP contribution in [0.25, 0.3) is 11.1 Å². The molecule has 0 aliphatic rings. The lowest BCUT2D eigenvalue weighted by molar-refractivity contribution is 0.337. The van der Waals surface area contributed by atoms with Gasteiger partial charge in [-0.25, -0.2) is 0 Å². The second-order valence-corrected chi connectivity index (χ2v) is 4.68. The fourth-order valence-electron chi connectivity index (χ4n) is 2.08. The van der Waals surface area contributed by atoms with Crippen LogP contribution in [-0.2, 0) is 0 Å². The van der Waals surface area contributed by atoms with Crippen LogP contribution in [0.15, 0.2) is 36.4 Å². The number of hydrogen-bond donors (Lipinski definition) is 0. The molecule has 0 amide bonds. The minimum Gasteiger partial charge on any atom is -0.494 e. The molecule has 2 aromatic rings. The number of halogens is 1. The molecule has 0 atom stereocenters. The molecule has 2 aromatic carbocycles. The summed E-state index contributed by atoms with van der Waals surface area (Å²) in [7, 11) is 0. The van der Waals surface area contributed by atoms with E-state index in [1.54, 1.807) is 0 Å². The summed E-state index contributed by atoms with van der Waals surface area (Å²) in [5.41, 5.74) is 4.63. The third-order valence-electron chi connectivity index (χ3n) is 3.20. The first kappa shape index (κ1) is 13.0. The van der Waals surface area contributed by atoms with Crippen molar-refractivity contribution in [2.45, 2.75) is 20.8 Å². The van der Waals surface area contributed by atoms with Gasteiger partial charge in [0.15, 0.2) is 0 Å². The van der Waals surface area contributed by atoms with Crippen molar-refractivity contribution in [2.75, 3.05) is 6.61 Å². The Morgan fingerprint density at radius 2 is 1.67 bits per heavy atom. The highest BCUT2D eigenvalue weighted by Gasteiger charge is 2.10. The number of hydrogen-bond acceptors (Lipinski definition) is 1. The SMILES string of the molecule is CCOc1ccc(-c2ccccc2Cl)c(C)c1C. The van der Waals surface area contributed by atoms with E-state index in [2.05, 4.69) is 19.9 Å². The van der Waals surface area contributed by atoms with Crippen molar-refractivity contribution in [1.82, 2.24) is 0 Å². The van der Waals surface area contributed by atoms with E-state index in [-0.39, 0.29) is 0 Å². The molecular weight excluding hydrogens is 244 g/mol. The summed E-state index contributed by atoms with van der Waals surface area (Å²) in [4.78, 5) is 0. The summed E-state index contributed by atoms with van der Waals surface area (Å²) in [6.07, 6.45) is 0. The van der Waals surface area contributed by atoms with E-state index in [0.29, 0.717) is 6.61 Å². The molecule has 0 aliphatic carbocycles. The van der Waals surface area contributed by atoms with Crippen molar-refractivity contribution in [1.29, 1.82) is 0 Å². The van der Waals surface area contributed by atoms with Gasteiger partial charge in [-0.15, -0.1) is 0 Å². The lowest BCUT2D eigenvalue weighted by Gasteiger charge is -2.14. The summed E-state index contributed by atoms with van der Waals surface area (Å²) in [5, 5.41) is 0.782. The Morgan fingerprint density at radius 1 is 0.944 bits per heavy atom. The van der Waals surface area contributed by atoms with Crippen molar-refractivity contribution in [2.24, 2.45) is 0 Å². The van der Waals surface area contributed by atoms with Gasteiger partial charge in [-0.3, -0.25) is 0 Å². The topological polar surface area (TPSA) is 9.23 Å². The summed E-state index contributed by atoms with van der Waals surface area (Å²) in [5.74, 6) is 0.950. The molecule has 2 heteroatoms. The van der Waals surface area contributed by atoms with Crippen molar-refractivity contribution >= 4 is 11.6 Å². The predicted octanol–water partition coefficient (Wildman–Crippen LogP) is 5.02. The molecule has 0 aliphatic heterocycles. The molecule has 94 valence electrons. The van der Waals surface area contributed by atoms with E-state index in [4.69, 9.17) is 16.3 Å². The highest BCUT2D eigenvalue weighted by Crippen LogP contribution is 2.34. The first-order valence-electron chi connectivity index (χ1n) is 6.13. The van der Waals surface area contributed by atoms with Crippen molar-refractivity contribution in [3.8, 4) is 16.9 Å². The van der Waals surface area contributed by atoms with Crippen molar-refractivity contribution in [3.05, 3.63) is 52.5 Å². The largest absolute Gasteiger partial charge is 0.494 e. The molecular formula is C16H17ClO. The molecule has 1 nitrogen and oxygen atoms in total. The Bertz CT molecular complexity index is 561. The van der Waals surface area contributed by atoms with Gasteiger partial charge in [0, 0.05) is 10.6 Å². The fraction of sp³-hybridized carbons (Fsp3) is 0.250. The molecule has 0 unspecified atom stereocenters. The van der Waals surface area contributed by atoms with Crippen LogP contribution in [0.3, 0.4) is 0 Å². The standard InChI is InChI=1S/C16H17ClO/c1-4-18-16-10-9-13(11(2)12(16)3)14-7-5-6-8-15(14)17/h5-10H,4H2,1-3H3. The number of rotatable bonds is 3. The van der Waals surface area contributed by atoms with Gasteiger partial charge in [0.2, 0.25) is 0 Å². The normalized spacial score (nSPS) is 10.4. The van der Waals surface area contributed by atoms with E-state index >= 15 is 0 Å². The van der Waals surface area contributed by atoms with Crippen LogP contribution >= 0.6 is 11.6 Å². The van der Waals surface area contributed by atoms with Gasteiger partial charge >= 0.3 is 0 Å². The molecule has 0 heterocycles. The average Bonchev–Trinajstić information content (AvgIpc) is 2.37. The number of benzene rings is 2. The fourth-order valence-corrected chi connectivity index (χ4v) is 2.32. The average molecular weight is 261 g/mol. The van der Waals surface area contributed by atoms with Gasteiger partial charge in [-0.05, 0) is 49.6 Å². The Balaban J connectivity index is 2.54. The minimum absolute atomic E-state index is 0.686. The summed E-state index contributed by atoms with van der Waals surface area (Å²) >= 11 is 6.25. The molecule has 0 radical (unpaired) electrons. The lowest BCUT2D eigenvalue weighted by atomic mass is 9.96. The second-order valence-electron chi connectivity index (χ2n) is 4.27. The Morgan fingerprint density at radius 3 is 2.33 bits per heavy atom. The zero-order valence-corrected chi connectivity index (χ0v) is 11.7. The van der Waals surface area contributed by atoms with Crippen LogP contribution in [0.4, 0.5) is 0 Å². The molecule has 0 aromatic heterocycles. The number of ether oxygens (including phenoxy) is 1. The van der Waals surface area contributed by atoms with Gasteiger partial charge < -0.3 is 4.74 Å². The van der Waals surface area contributed by atoms with E-state index in [9.17, 15) is 0 Å². The maximum Gasteiger partial charge on any atom is 0.122 e. The highest BCUT2D eigenvalue weighted by molar-refractivity contribution is 6.33. The van der Waals surface area contributed by atoms with E-state index < -0.39 is 0 Å². The molecule has 0 saturated carbocycles. The Kier molecular flexibility index (Phi) is 3.93. The van der Waals surface area contributed by atoms with Gasteiger partial charge in [0.25, 0.3) is 0 Å². The molecule has 0 spiro atoms. The Hall–Kier alpha value is -1.47. The van der Waals surface area contributed by atoms with Gasteiger partial charge in [-0.1, -0.05) is 35.9 Å². The molecule has 0 saturated heterocycles. The van der Waals surface area contributed by atoms with Gasteiger partial charge in [0.05, 0.1) is 6.61 Å². The van der Waals surface area contributed by atoms with E-state index in [1.165, 1.54) is 16.7 Å². The van der Waals surface area contributed by atoms with Crippen molar-refractivity contribution in [3.63, 3.8) is 0 Å². The smallest absolute Gasteiger partial charge is 0.122 e. The molecule has 2 rings (SSSR count). The third-order valence-corrected chi connectivity index (χ3v) is 3.53. The predicted molar refractivity (Wildman–Crippen MR) is 77.5 cm³/mol. The highest BCUT2D eigenvalue weighted by atomic mass is 35.5. The summed E-state index contributed by atoms with van der Waals surface area (Å²) in [6, 6.07) is 12.0. The van der Waals surface area contributed by atoms with Crippen LogP contribution in [0.1, 0.15) is 18.1 Å². The first-order chi connectivity index (χ1) is 8.65. The van der Waals surface area contributed by atoms with Crippen LogP contribution in [0.2, 0.25) is 5.02 Å². The summed E-state index contributed by atoms with van der Waals surface area (Å²) < 4.78 is 5.61. The molecule has 0 fully saturated rings. The van der Waals surface area contributed by atoms with E-state index in [0.717, 1.165) is 16.3 Å². The van der Waals surface area contributed by atoms with Crippen LogP contribution in [0, 0.1) is 13.8 Å². The first-order valence-corrected chi connectivity index (χ1v) is 6.50. The van der Waals surface area contributed by atoms with Crippen LogP contribution in [0.5, 0.6) is 5.75 Å². The maximum absolute atomic E-state index is 6.25. The quantitative estimate of drug-likeness (QED) is 0.753. The van der Waals surface area contributed by atoms with Crippen LogP contribution < -0.4 is 4.74 Å². The maximum atomic E-state index is 6.25. The third kappa shape index (κ3) is 2.37. The molecule has 0 bridgehead atoms. The van der Waals surface area contributed by atoms with Gasteiger partial charge in [0.1, 0.15) is 5.75 Å². The Labute approximate surface area is 113 Å². The van der Waals surface area contributed by atoms with Gasteiger partial charge in [-0.2, -0.15) is 0 Å². The van der Waals surface area contributed by atoms with Crippen molar-refractivity contribution < 1.29 is 4.74 Å². The lowest BCUT2D eigenvalue weighted by Crippen LogP contribution is -1.97. The molecule has 0 N–H and O–H groups in total. The monoisotopic (exact) mass is 260 g/mol. The summed E-state index contributed by atoms with van der Waals surface area (Å²) in [6.45, 7) is 6.87. The zero-order valence-electron chi connectivity index (χ0n) is 11.0.